The number of methoxy groups -OCH3 is 1. The van der Waals surface area contributed by atoms with Gasteiger partial charge in [-0.15, -0.1) is 4.48 Å². The maximum absolute atomic E-state index is 13.2. The predicted molar refractivity (Wildman–Crippen MR) is 99.2 cm³/mol. The van der Waals surface area contributed by atoms with Crippen molar-refractivity contribution in [3.63, 3.8) is 0 Å². The van der Waals surface area contributed by atoms with Crippen LogP contribution in [0.25, 0.3) is 0 Å². The van der Waals surface area contributed by atoms with Crippen LogP contribution in [0.15, 0.2) is 30.3 Å². The Morgan fingerprint density at radius 3 is 2.48 bits per heavy atom. The Morgan fingerprint density at radius 2 is 1.89 bits per heavy atom. The molecule has 2 N–H and O–H groups in total. The van der Waals surface area contributed by atoms with Gasteiger partial charge in [0.2, 0.25) is 6.04 Å². The summed E-state index contributed by atoms with van der Waals surface area (Å²) in [7, 11) is 1.25. The monoisotopic (exact) mass is 377 g/mol. The van der Waals surface area contributed by atoms with Gasteiger partial charge in [-0.05, 0) is 17.9 Å². The molecule has 2 amide bonds. The lowest BCUT2D eigenvalue weighted by atomic mass is 10.0. The summed E-state index contributed by atoms with van der Waals surface area (Å²) in [6.07, 6.45) is 0.614. The normalized spacial score (nSPS) is 23.1. The number of ether oxygens (including phenoxy) is 2. The van der Waals surface area contributed by atoms with Crippen molar-refractivity contribution in [3.05, 3.63) is 35.9 Å². The minimum Gasteiger partial charge on any atom is -0.465 e. The molecular formula is C20H29N2O5+. The van der Waals surface area contributed by atoms with Crippen LogP contribution in [0.1, 0.15) is 38.7 Å². The van der Waals surface area contributed by atoms with Gasteiger partial charge in [0.1, 0.15) is 12.6 Å². The molecule has 1 aliphatic rings. The highest BCUT2D eigenvalue weighted by Gasteiger charge is 2.60. The van der Waals surface area contributed by atoms with Gasteiger partial charge in [-0.3, -0.25) is 0 Å². The molecule has 1 aromatic carbocycles. The Kier molecular flexibility index (Phi) is 7.10. The van der Waals surface area contributed by atoms with Crippen molar-refractivity contribution in [2.75, 3.05) is 13.7 Å². The highest BCUT2D eigenvalue weighted by molar-refractivity contribution is 5.89. The summed E-state index contributed by atoms with van der Waals surface area (Å²) in [5.41, 5.74) is 6.91. The van der Waals surface area contributed by atoms with Crippen molar-refractivity contribution in [2.45, 2.75) is 51.8 Å². The quantitative estimate of drug-likeness (QED) is 0.604. The van der Waals surface area contributed by atoms with E-state index in [4.69, 9.17) is 15.2 Å². The second-order valence-electron chi connectivity index (χ2n) is 7.39. The van der Waals surface area contributed by atoms with Crippen molar-refractivity contribution in [3.8, 4) is 0 Å². The van der Waals surface area contributed by atoms with Crippen molar-refractivity contribution in [1.82, 2.24) is 0 Å². The van der Waals surface area contributed by atoms with E-state index in [0.717, 1.165) is 5.56 Å². The van der Waals surface area contributed by atoms with Crippen LogP contribution in [-0.2, 0) is 25.7 Å². The van der Waals surface area contributed by atoms with Crippen LogP contribution < -0.4 is 5.73 Å². The highest BCUT2D eigenvalue weighted by Crippen LogP contribution is 2.32. The number of benzene rings is 1. The van der Waals surface area contributed by atoms with Crippen molar-refractivity contribution in [2.24, 2.45) is 11.7 Å². The van der Waals surface area contributed by atoms with E-state index in [2.05, 4.69) is 0 Å². The smallest absolute Gasteiger partial charge is 0.465 e. The fourth-order valence-corrected chi connectivity index (χ4v) is 3.66. The van der Waals surface area contributed by atoms with Gasteiger partial charge in [0.25, 0.3) is 0 Å². The van der Waals surface area contributed by atoms with Gasteiger partial charge >= 0.3 is 18.0 Å². The summed E-state index contributed by atoms with van der Waals surface area (Å²) >= 11 is 0. The van der Waals surface area contributed by atoms with Crippen LogP contribution >= 0.6 is 0 Å². The van der Waals surface area contributed by atoms with E-state index < -0.39 is 34.5 Å². The molecule has 0 aliphatic carbocycles. The molecular weight excluding hydrogens is 348 g/mol. The topological polar surface area (TPSA) is 95.7 Å². The summed E-state index contributed by atoms with van der Waals surface area (Å²) in [5, 5.41) is 0. The molecule has 0 saturated carbocycles. The van der Waals surface area contributed by atoms with Crippen molar-refractivity contribution >= 4 is 18.0 Å². The van der Waals surface area contributed by atoms with Gasteiger partial charge in [0.15, 0.2) is 0 Å². The van der Waals surface area contributed by atoms with Crippen LogP contribution in [0.3, 0.4) is 0 Å². The third kappa shape index (κ3) is 4.54. The lowest BCUT2D eigenvalue weighted by Crippen LogP contribution is -2.66. The maximum atomic E-state index is 13.2. The first kappa shape index (κ1) is 21.1. The SMILES string of the molecule is COC(=O)[C@@H]1CCC[N+]1(C(=O)OCc1ccccc1)C(=O)[C@@H](N)CC(C)C. The molecule has 1 saturated heterocycles. The summed E-state index contributed by atoms with van der Waals surface area (Å²) in [5.74, 6) is -0.882. The molecule has 2 rings (SSSR count). The number of rotatable bonds is 6. The number of amides is 2. The fraction of sp³-hybridized carbons (Fsp3) is 0.550. The second-order valence-corrected chi connectivity index (χ2v) is 7.39. The molecule has 0 bridgehead atoms. The van der Waals surface area contributed by atoms with Crippen LogP contribution in [0.2, 0.25) is 0 Å². The summed E-state index contributed by atoms with van der Waals surface area (Å²) in [6, 6.07) is 7.43. The minimum atomic E-state index is -0.913. The van der Waals surface area contributed by atoms with E-state index in [0.29, 0.717) is 19.3 Å². The first-order valence-electron chi connectivity index (χ1n) is 9.29. The molecule has 7 nitrogen and oxygen atoms in total. The Labute approximate surface area is 160 Å². The molecule has 0 radical (unpaired) electrons. The summed E-state index contributed by atoms with van der Waals surface area (Å²) in [6.45, 7) is 4.12. The second kappa shape index (κ2) is 9.10. The number of nitrogens with zero attached hydrogens (tertiary/aromatic N) is 1. The Bertz CT molecular complexity index is 676. The fourth-order valence-electron chi connectivity index (χ4n) is 3.66. The predicted octanol–water partition coefficient (Wildman–Crippen LogP) is 2.38. The number of esters is 1. The number of hydrogen-bond acceptors (Lipinski definition) is 6. The number of carbonyl (C=O) groups excluding carboxylic acids is 3. The Morgan fingerprint density at radius 1 is 1.22 bits per heavy atom. The van der Waals surface area contributed by atoms with E-state index in [1.54, 1.807) is 0 Å². The highest BCUT2D eigenvalue weighted by atomic mass is 16.6. The molecule has 1 fully saturated rings. The molecule has 27 heavy (non-hydrogen) atoms. The average molecular weight is 377 g/mol. The largest absolute Gasteiger partial charge is 0.524 e. The molecule has 7 heteroatoms. The van der Waals surface area contributed by atoms with Crippen LogP contribution in [0.4, 0.5) is 4.79 Å². The van der Waals surface area contributed by atoms with Crippen molar-refractivity contribution in [1.29, 1.82) is 0 Å². The van der Waals surface area contributed by atoms with E-state index >= 15 is 0 Å². The molecule has 1 aromatic rings. The molecule has 1 unspecified atom stereocenters. The van der Waals surface area contributed by atoms with Crippen LogP contribution in [0.5, 0.6) is 0 Å². The molecule has 1 heterocycles. The zero-order chi connectivity index (χ0) is 20.0. The third-order valence-corrected chi connectivity index (χ3v) is 4.96. The molecule has 0 spiro atoms. The molecule has 3 atom stereocenters. The first-order valence-corrected chi connectivity index (χ1v) is 9.29. The number of hydrogen-bond donors (Lipinski definition) is 1. The lowest BCUT2D eigenvalue weighted by Gasteiger charge is -2.33. The van der Waals surface area contributed by atoms with Gasteiger partial charge in [-0.25, -0.2) is 9.59 Å². The van der Waals surface area contributed by atoms with Gasteiger partial charge in [-0.2, -0.15) is 4.79 Å². The molecule has 148 valence electrons. The van der Waals surface area contributed by atoms with Gasteiger partial charge in [-0.1, -0.05) is 44.2 Å². The van der Waals surface area contributed by atoms with E-state index in [1.807, 2.05) is 44.2 Å². The summed E-state index contributed by atoms with van der Waals surface area (Å²) < 4.78 is 9.61. The van der Waals surface area contributed by atoms with Crippen LogP contribution in [0, 0.1) is 5.92 Å². The Hall–Kier alpha value is -2.25. The zero-order valence-corrected chi connectivity index (χ0v) is 16.2. The number of likely N-dealkylation sites (tertiary alicyclic amines) is 1. The van der Waals surface area contributed by atoms with Crippen LogP contribution in [-0.4, -0.2) is 48.2 Å². The van der Waals surface area contributed by atoms with Gasteiger partial charge in [0.05, 0.1) is 13.7 Å². The number of quaternary nitrogens is 1. The maximum Gasteiger partial charge on any atom is 0.524 e. The average Bonchev–Trinajstić information content (AvgIpc) is 3.11. The summed E-state index contributed by atoms with van der Waals surface area (Å²) in [4.78, 5) is 38.6. The van der Waals surface area contributed by atoms with Gasteiger partial charge in [0, 0.05) is 12.8 Å². The molecule has 0 aromatic heterocycles. The van der Waals surface area contributed by atoms with Crippen molar-refractivity contribution < 1.29 is 28.3 Å². The first-order chi connectivity index (χ1) is 12.8. The zero-order valence-electron chi connectivity index (χ0n) is 16.2. The molecule has 1 aliphatic heterocycles. The number of imide groups is 1. The lowest BCUT2D eigenvalue weighted by molar-refractivity contribution is -0.787. The third-order valence-electron chi connectivity index (χ3n) is 4.96. The van der Waals surface area contributed by atoms with E-state index in [-0.39, 0.29) is 19.1 Å². The van der Waals surface area contributed by atoms with E-state index in [9.17, 15) is 14.4 Å². The minimum absolute atomic E-state index is 0.0280. The number of nitrogens with two attached hydrogens (primary N) is 1. The Balaban J connectivity index is 2.30. The standard InChI is InChI=1S/C20H29N2O5/c1-14(2)12-16(21)18(23)22(11-7-10-17(22)19(24)26-3)20(25)27-13-15-8-5-4-6-9-15/h4-6,8-9,14,16-17H,7,10-13,21H2,1-3H3/q+1/t16-,17-,22?/m0/s1. The van der Waals surface area contributed by atoms with Gasteiger partial charge < -0.3 is 15.2 Å². The number of carbonyl (C=O) groups is 3. The van der Waals surface area contributed by atoms with E-state index in [1.165, 1.54) is 7.11 Å².